The number of nitrogens with two attached hydrogens (primary N) is 1. The van der Waals surface area contributed by atoms with Gasteiger partial charge in [0.2, 0.25) is 5.91 Å². The van der Waals surface area contributed by atoms with E-state index < -0.39 is 5.97 Å². The van der Waals surface area contributed by atoms with E-state index in [2.05, 4.69) is 5.32 Å². The molecule has 1 amide bonds. The number of carboxylic acid groups (broad SMARTS) is 1. The van der Waals surface area contributed by atoms with Crippen LogP contribution in [-0.2, 0) is 9.59 Å². The highest BCUT2D eigenvalue weighted by Crippen LogP contribution is 2.25. The van der Waals surface area contributed by atoms with Crippen molar-refractivity contribution >= 4 is 11.9 Å². The van der Waals surface area contributed by atoms with E-state index in [1.807, 2.05) is 20.8 Å². The monoisotopic (exact) mass is 258 g/mol. The van der Waals surface area contributed by atoms with E-state index in [4.69, 9.17) is 10.8 Å². The van der Waals surface area contributed by atoms with E-state index in [0.717, 1.165) is 12.8 Å². The van der Waals surface area contributed by atoms with Gasteiger partial charge in [-0.05, 0) is 24.7 Å². The molecule has 0 aromatic carbocycles. The van der Waals surface area contributed by atoms with Crippen molar-refractivity contribution < 1.29 is 14.7 Å². The average Bonchev–Trinajstić information content (AvgIpc) is 2.26. The molecule has 0 aliphatic heterocycles. The van der Waals surface area contributed by atoms with Gasteiger partial charge in [0.15, 0.2) is 0 Å². The van der Waals surface area contributed by atoms with Crippen molar-refractivity contribution in [1.82, 2.24) is 5.32 Å². The van der Waals surface area contributed by atoms with Crippen molar-refractivity contribution in [3.8, 4) is 0 Å². The van der Waals surface area contributed by atoms with Gasteiger partial charge in [-0.15, -0.1) is 0 Å². The number of carbonyl (C=O) groups excluding carboxylic acids is 1. The van der Waals surface area contributed by atoms with E-state index in [-0.39, 0.29) is 23.8 Å². The van der Waals surface area contributed by atoms with Crippen LogP contribution in [-0.4, -0.2) is 29.6 Å². The van der Waals surface area contributed by atoms with E-state index in [1.54, 1.807) is 0 Å². The van der Waals surface area contributed by atoms with Crippen LogP contribution in [0.1, 0.15) is 52.9 Å². The van der Waals surface area contributed by atoms with Gasteiger partial charge in [-0.1, -0.05) is 20.8 Å². The molecule has 1 atom stereocenters. The summed E-state index contributed by atoms with van der Waals surface area (Å²) in [6.07, 6.45) is 2.70. The molecular formula is C13H26N2O3. The number of hydrogen-bond acceptors (Lipinski definition) is 3. The number of rotatable bonds is 9. The quantitative estimate of drug-likeness (QED) is 0.584. The second-order valence-corrected chi connectivity index (χ2v) is 5.53. The van der Waals surface area contributed by atoms with Gasteiger partial charge in [0.05, 0.1) is 0 Å². The maximum Gasteiger partial charge on any atom is 0.303 e. The molecule has 4 N–H and O–H groups in total. The van der Waals surface area contributed by atoms with Gasteiger partial charge in [-0.3, -0.25) is 9.59 Å². The molecule has 1 unspecified atom stereocenters. The third-order valence-corrected chi connectivity index (χ3v) is 3.11. The molecule has 106 valence electrons. The predicted octanol–water partition coefficient (Wildman–Crippen LogP) is 1.51. The zero-order valence-electron chi connectivity index (χ0n) is 11.7. The van der Waals surface area contributed by atoms with Gasteiger partial charge in [0.25, 0.3) is 0 Å². The fourth-order valence-corrected chi connectivity index (χ4v) is 1.57. The summed E-state index contributed by atoms with van der Waals surface area (Å²) >= 11 is 0. The fourth-order valence-electron chi connectivity index (χ4n) is 1.57. The lowest BCUT2D eigenvalue weighted by atomic mass is 9.84. The fraction of sp³-hybridized carbons (Fsp3) is 0.846. The van der Waals surface area contributed by atoms with Crippen molar-refractivity contribution in [2.45, 2.75) is 58.9 Å². The van der Waals surface area contributed by atoms with Crippen LogP contribution in [0.5, 0.6) is 0 Å². The van der Waals surface area contributed by atoms with Crippen molar-refractivity contribution in [3.05, 3.63) is 0 Å². The Kier molecular flexibility index (Phi) is 7.59. The minimum absolute atomic E-state index is 0.0293. The second-order valence-electron chi connectivity index (χ2n) is 5.53. The highest BCUT2D eigenvalue weighted by atomic mass is 16.4. The first kappa shape index (κ1) is 16.9. The molecule has 0 saturated heterocycles. The molecule has 0 bridgehead atoms. The van der Waals surface area contributed by atoms with Gasteiger partial charge in [0, 0.05) is 25.4 Å². The molecule has 0 aliphatic rings. The molecule has 5 nitrogen and oxygen atoms in total. The standard InChI is InChI=1S/C13H26N2O3/c1-4-10(14)9-11(16)15-8-7-13(2,3)6-5-12(17)18/h10H,4-9,14H2,1-3H3,(H,15,16)(H,17,18). The first-order valence-corrected chi connectivity index (χ1v) is 6.51. The van der Waals surface area contributed by atoms with Crippen LogP contribution >= 0.6 is 0 Å². The number of amides is 1. The Morgan fingerprint density at radius 2 is 1.94 bits per heavy atom. The van der Waals surface area contributed by atoms with Crippen LogP contribution in [0.4, 0.5) is 0 Å². The maximum absolute atomic E-state index is 11.5. The Balaban J connectivity index is 3.81. The first-order chi connectivity index (χ1) is 8.26. The highest BCUT2D eigenvalue weighted by molar-refractivity contribution is 5.76. The summed E-state index contributed by atoms with van der Waals surface area (Å²) in [5.74, 6) is -0.806. The molecule has 0 spiro atoms. The molecule has 0 radical (unpaired) electrons. The van der Waals surface area contributed by atoms with Crippen molar-refractivity contribution in [2.24, 2.45) is 11.1 Å². The normalized spacial score (nSPS) is 13.1. The Morgan fingerprint density at radius 1 is 1.33 bits per heavy atom. The summed E-state index contributed by atoms with van der Waals surface area (Å²) in [7, 11) is 0. The van der Waals surface area contributed by atoms with Crippen molar-refractivity contribution in [3.63, 3.8) is 0 Å². The summed E-state index contributed by atoms with van der Waals surface area (Å²) < 4.78 is 0. The Labute approximate surface area is 109 Å². The van der Waals surface area contributed by atoms with E-state index in [0.29, 0.717) is 19.4 Å². The zero-order valence-corrected chi connectivity index (χ0v) is 11.7. The van der Waals surface area contributed by atoms with Gasteiger partial charge < -0.3 is 16.2 Å². The molecule has 0 aromatic heterocycles. The lowest BCUT2D eigenvalue weighted by molar-refractivity contribution is -0.137. The molecule has 0 aromatic rings. The van der Waals surface area contributed by atoms with Crippen LogP contribution in [0.15, 0.2) is 0 Å². The van der Waals surface area contributed by atoms with Gasteiger partial charge in [0.1, 0.15) is 0 Å². The first-order valence-electron chi connectivity index (χ1n) is 6.51. The smallest absolute Gasteiger partial charge is 0.303 e. The van der Waals surface area contributed by atoms with Crippen molar-refractivity contribution in [2.75, 3.05) is 6.54 Å². The van der Waals surface area contributed by atoms with E-state index in [1.165, 1.54) is 0 Å². The summed E-state index contributed by atoms with van der Waals surface area (Å²) in [6, 6.07) is -0.0787. The molecule has 0 saturated carbocycles. The molecular weight excluding hydrogens is 232 g/mol. The summed E-state index contributed by atoms with van der Waals surface area (Å²) in [5.41, 5.74) is 5.62. The number of carbonyl (C=O) groups is 2. The molecule has 18 heavy (non-hydrogen) atoms. The van der Waals surface area contributed by atoms with Gasteiger partial charge in [-0.25, -0.2) is 0 Å². The number of carboxylic acids is 1. The minimum Gasteiger partial charge on any atom is -0.481 e. The van der Waals surface area contributed by atoms with Gasteiger partial charge >= 0.3 is 5.97 Å². The lowest BCUT2D eigenvalue weighted by Crippen LogP contribution is -2.33. The minimum atomic E-state index is -0.777. The topological polar surface area (TPSA) is 92.4 Å². The molecule has 0 aliphatic carbocycles. The summed E-state index contributed by atoms with van der Waals surface area (Å²) in [4.78, 5) is 22.0. The Hall–Kier alpha value is -1.10. The molecule has 0 rings (SSSR count). The van der Waals surface area contributed by atoms with Gasteiger partial charge in [-0.2, -0.15) is 0 Å². The van der Waals surface area contributed by atoms with E-state index in [9.17, 15) is 9.59 Å². The Morgan fingerprint density at radius 3 is 2.44 bits per heavy atom. The zero-order chi connectivity index (χ0) is 14.2. The third-order valence-electron chi connectivity index (χ3n) is 3.11. The second kappa shape index (κ2) is 8.08. The average molecular weight is 258 g/mol. The number of hydrogen-bond donors (Lipinski definition) is 3. The highest BCUT2D eigenvalue weighted by Gasteiger charge is 2.19. The summed E-state index contributed by atoms with van der Waals surface area (Å²) in [6.45, 7) is 6.55. The predicted molar refractivity (Wildman–Crippen MR) is 71.2 cm³/mol. The summed E-state index contributed by atoms with van der Waals surface area (Å²) in [5, 5.41) is 11.5. The largest absolute Gasteiger partial charge is 0.481 e. The van der Waals surface area contributed by atoms with E-state index >= 15 is 0 Å². The lowest BCUT2D eigenvalue weighted by Gasteiger charge is -2.24. The Bertz CT molecular complexity index is 277. The molecule has 0 heterocycles. The van der Waals surface area contributed by atoms with Crippen LogP contribution in [0.2, 0.25) is 0 Å². The third kappa shape index (κ3) is 8.98. The van der Waals surface area contributed by atoms with Crippen molar-refractivity contribution in [1.29, 1.82) is 0 Å². The van der Waals surface area contributed by atoms with Crippen LogP contribution in [0.3, 0.4) is 0 Å². The van der Waals surface area contributed by atoms with Crippen LogP contribution < -0.4 is 11.1 Å². The molecule has 5 heteroatoms. The number of aliphatic carboxylic acids is 1. The van der Waals surface area contributed by atoms with Crippen LogP contribution in [0, 0.1) is 5.41 Å². The maximum atomic E-state index is 11.5. The SMILES string of the molecule is CCC(N)CC(=O)NCCC(C)(C)CCC(=O)O. The molecule has 0 fully saturated rings. The number of nitrogens with one attached hydrogen (secondary N) is 1. The van der Waals surface area contributed by atoms with Crippen LogP contribution in [0.25, 0.3) is 0 Å².